The average Bonchev–Trinajstić information content (AvgIpc) is 3.48. The number of carboxylic acids is 1. The zero-order valence-corrected chi connectivity index (χ0v) is 19.1. The number of fused-ring (bicyclic) bond motifs is 3. The van der Waals surface area contributed by atoms with Gasteiger partial charge in [-0.1, -0.05) is 48.5 Å². The Bertz CT molecular complexity index is 1050. The maximum absolute atomic E-state index is 13.3. The molecule has 1 saturated carbocycles. The topological polar surface area (TPSA) is 95.9 Å². The Labute approximate surface area is 199 Å². The van der Waals surface area contributed by atoms with Crippen molar-refractivity contribution in [3.05, 3.63) is 59.7 Å². The second-order valence-corrected chi connectivity index (χ2v) is 9.55. The van der Waals surface area contributed by atoms with E-state index in [9.17, 15) is 14.4 Å². The van der Waals surface area contributed by atoms with Crippen molar-refractivity contribution in [3.63, 3.8) is 0 Å². The molecular weight excluding hydrogens is 432 g/mol. The Hall–Kier alpha value is -3.35. The molecule has 0 spiro atoms. The Kier molecular flexibility index (Phi) is 6.26. The highest BCUT2D eigenvalue weighted by Crippen LogP contribution is 2.44. The molecule has 2 aromatic rings. The standard InChI is InChI=1S/C27H30N2O5/c30-24(31)14-13-18-6-5-15-29(18)26(32)25(17-11-12-17)28-27(33)34-16-23-21-9-3-1-7-19(21)20-8-2-4-10-22(20)23/h1-4,7-10,17-18,23,25H,5-6,11-16H2,(H,28,33)(H,30,31). The molecule has 2 fully saturated rings. The molecule has 2 atom stereocenters. The number of carbonyl (C=O) groups is 3. The van der Waals surface area contributed by atoms with Gasteiger partial charge in [0.2, 0.25) is 5.91 Å². The lowest BCUT2D eigenvalue weighted by atomic mass is 9.98. The van der Waals surface area contributed by atoms with Crippen LogP contribution in [0, 0.1) is 5.92 Å². The minimum atomic E-state index is -0.852. The molecule has 3 aliphatic rings. The lowest BCUT2D eigenvalue weighted by molar-refractivity contribution is -0.139. The van der Waals surface area contributed by atoms with Crippen molar-refractivity contribution in [2.75, 3.05) is 13.2 Å². The first-order valence-electron chi connectivity index (χ1n) is 12.2. The molecule has 2 aliphatic carbocycles. The van der Waals surface area contributed by atoms with Crippen LogP contribution < -0.4 is 5.32 Å². The van der Waals surface area contributed by atoms with E-state index in [-0.39, 0.29) is 36.8 Å². The van der Waals surface area contributed by atoms with Crippen molar-refractivity contribution >= 4 is 18.0 Å². The second-order valence-electron chi connectivity index (χ2n) is 9.55. The number of ether oxygens (including phenoxy) is 1. The molecule has 34 heavy (non-hydrogen) atoms. The Balaban J connectivity index is 1.23. The van der Waals surface area contributed by atoms with Gasteiger partial charge in [0.1, 0.15) is 12.6 Å². The van der Waals surface area contributed by atoms with Crippen molar-refractivity contribution in [2.45, 2.75) is 56.5 Å². The molecule has 1 aliphatic heterocycles. The maximum atomic E-state index is 13.3. The molecule has 1 saturated heterocycles. The van der Waals surface area contributed by atoms with Crippen molar-refractivity contribution in [3.8, 4) is 11.1 Å². The van der Waals surface area contributed by atoms with E-state index < -0.39 is 18.1 Å². The second kappa shape index (κ2) is 9.49. The van der Waals surface area contributed by atoms with Crippen LogP contribution in [0.1, 0.15) is 55.6 Å². The fourth-order valence-corrected chi connectivity index (χ4v) is 5.47. The number of aliphatic carboxylic acids is 1. The number of carbonyl (C=O) groups excluding carboxylic acids is 2. The molecule has 2 N–H and O–H groups in total. The van der Waals surface area contributed by atoms with Crippen molar-refractivity contribution in [1.82, 2.24) is 10.2 Å². The van der Waals surface area contributed by atoms with Gasteiger partial charge in [-0.2, -0.15) is 0 Å². The summed E-state index contributed by atoms with van der Waals surface area (Å²) in [7, 11) is 0. The summed E-state index contributed by atoms with van der Waals surface area (Å²) in [4.78, 5) is 38.9. The van der Waals surface area contributed by atoms with Crippen LogP contribution in [0.25, 0.3) is 11.1 Å². The van der Waals surface area contributed by atoms with Gasteiger partial charge >= 0.3 is 12.1 Å². The van der Waals surface area contributed by atoms with Crippen LogP contribution in [-0.2, 0) is 14.3 Å². The number of rotatable bonds is 8. The zero-order chi connectivity index (χ0) is 23.7. The van der Waals surface area contributed by atoms with E-state index in [0.29, 0.717) is 13.0 Å². The molecular formula is C27H30N2O5. The molecule has 0 aromatic heterocycles. The molecule has 178 valence electrons. The van der Waals surface area contributed by atoms with Gasteiger partial charge < -0.3 is 20.1 Å². The van der Waals surface area contributed by atoms with E-state index in [1.807, 2.05) is 24.3 Å². The summed E-state index contributed by atoms with van der Waals surface area (Å²) in [6.45, 7) is 0.815. The number of nitrogens with zero attached hydrogens (tertiary/aromatic N) is 1. The Morgan fingerprint density at radius 3 is 2.26 bits per heavy atom. The van der Waals surface area contributed by atoms with Crippen LogP contribution in [0.3, 0.4) is 0 Å². The molecule has 0 bridgehead atoms. The third kappa shape index (κ3) is 4.52. The first-order chi connectivity index (χ1) is 16.5. The number of hydrogen-bond donors (Lipinski definition) is 2. The summed E-state index contributed by atoms with van der Waals surface area (Å²) in [5.41, 5.74) is 4.62. The number of carboxylic acid groups (broad SMARTS) is 1. The molecule has 7 nitrogen and oxygen atoms in total. The zero-order valence-electron chi connectivity index (χ0n) is 19.1. The number of likely N-dealkylation sites (tertiary alicyclic amines) is 1. The van der Waals surface area contributed by atoms with Crippen molar-refractivity contribution < 1.29 is 24.2 Å². The smallest absolute Gasteiger partial charge is 0.407 e. The minimum absolute atomic E-state index is 0.0350. The van der Waals surface area contributed by atoms with Crippen LogP contribution in [0.2, 0.25) is 0 Å². The van der Waals surface area contributed by atoms with Crippen LogP contribution in [0.4, 0.5) is 4.79 Å². The summed E-state index contributed by atoms with van der Waals surface area (Å²) < 4.78 is 5.67. The van der Waals surface area contributed by atoms with Gasteiger partial charge in [0, 0.05) is 24.9 Å². The summed E-state index contributed by atoms with van der Waals surface area (Å²) in [6.07, 6.45) is 3.38. The van der Waals surface area contributed by atoms with Crippen LogP contribution in [0.5, 0.6) is 0 Å². The Morgan fingerprint density at radius 2 is 1.65 bits per heavy atom. The normalized spacial score (nSPS) is 19.9. The lowest BCUT2D eigenvalue weighted by Crippen LogP contribution is -2.51. The van der Waals surface area contributed by atoms with Crippen LogP contribution in [0.15, 0.2) is 48.5 Å². The quantitative estimate of drug-likeness (QED) is 0.614. The SMILES string of the molecule is O=C(O)CCC1CCCN1C(=O)C(NC(=O)OCC1c2ccccc2-c2ccccc21)C1CC1. The molecule has 2 amide bonds. The van der Waals surface area contributed by atoms with E-state index in [0.717, 1.165) is 36.8 Å². The van der Waals surface area contributed by atoms with Gasteiger partial charge in [0.15, 0.2) is 0 Å². The number of benzene rings is 2. The third-order valence-electron chi connectivity index (χ3n) is 7.33. The summed E-state index contributed by atoms with van der Waals surface area (Å²) in [5, 5.41) is 11.9. The monoisotopic (exact) mass is 462 g/mol. The highest BCUT2D eigenvalue weighted by molar-refractivity contribution is 5.87. The van der Waals surface area contributed by atoms with Gasteiger partial charge in [-0.15, -0.1) is 0 Å². The van der Waals surface area contributed by atoms with Crippen molar-refractivity contribution in [2.24, 2.45) is 5.92 Å². The summed E-state index contributed by atoms with van der Waals surface area (Å²) >= 11 is 0. The first kappa shape index (κ1) is 22.4. The third-order valence-corrected chi connectivity index (χ3v) is 7.33. The van der Waals surface area contributed by atoms with Crippen LogP contribution >= 0.6 is 0 Å². The highest BCUT2D eigenvalue weighted by atomic mass is 16.5. The van der Waals surface area contributed by atoms with Gasteiger partial charge in [-0.25, -0.2) is 4.79 Å². The first-order valence-corrected chi connectivity index (χ1v) is 12.2. The molecule has 5 rings (SSSR count). The fourth-order valence-electron chi connectivity index (χ4n) is 5.47. The largest absolute Gasteiger partial charge is 0.481 e. The molecule has 7 heteroatoms. The predicted molar refractivity (Wildman–Crippen MR) is 126 cm³/mol. The highest BCUT2D eigenvalue weighted by Gasteiger charge is 2.42. The number of amides is 2. The number of hydrogen-bond acceptors (Lipinski definition) is 4. The van der Waals surface area contributed by atoms with E-state index in [4.69, 9.17) is 9.84 Å². The van der Waals surface area contributed by atoms with Crippen molar-refractivity contribution in [1.29, 1.82) is 0 Å². The van der Waals surface area contributed by atoms with Gasteiger partial charge in [0.05, 0.1) is 0 Å². The fraction of sp³-hybridized carbons (Fsp3) is 0.444. The van der Waals surface area contributed by atoms with Gasteiger partial charge in [0.25, 0.3) is 0 Å². The van der Waals surface area contributed by atoms with E-state index >= 15 is 0 Å². The molecule has 2 aromatic carbocycles. The van der Waals surface area contributed by atoms with E-state index in [1.54, 1.807) is 4.90 Å². The number of alkyl carbamates (subject to hydrolysis) is 1. The van der Waals surface area contributed by atoms with Gasteiger partial charge in [-0.05, 0) is 60.3 Å². The minimum Gasteiger partial charge on any atom is -0.481 e. The van der Waals surface area contributed by atoms with E-state index in [1.165, 1.54) is 11.1 Å². The maximum Gasteiger partial charge on any atom is 0.407 e. The average molecular weight is 463 g/mol. The molecule has 0 radical (unpaired) electrons. The predicted octanol–water partition coefficient (Wildman–Crippen LogP) is 4.16. The Morgan fingerprint density at radius 1 is 1.00 bits per heavy atom. The summed E-state index contributed by atoms with van der Waals surface area (Å²) in [6, 6.07) is 15.7. The summed E-state index contributed by atoms with van der Waals surface area (Å²) in [5.74, 6) is -0.875. The lowest BCUT2D eigenvalue weighted by Gasteiger charge is -2.29. The van der Waals surface area contributed by atoms with Crippen LogP contribution in [-0.4, -0.2) is 53.2 Å². The van der Waals surface area contributed by atoms with E-state index in [2.05, 4.69) is 29.6 Å². The molecule has 1 heterocycles. The molecule has 2 unspecified atom stereocenters. The van der Waals surface area contributed by atoms with Gasteiger partial charge in [-0.3, -0.25) is 9.59 Å². The number of nitrogens with one attached hydrogen (secondary N) is 1.